The molecule has 2 fully saturated rings. The lowest BCUT2D eigenvalue weighted by molar-refractivity contribution is -0.138. The van der Waals surface area contributed by atoms with Crippen LogP contribution in [0.25, 0.3) is 0 Å². The van der Waals surface area contributed by atoms with Crippen molar-refractivity contribution in [3.05, 3.63) is 16.1 Å². The quantitative estimate of drug-likeness (QED) is 0.929. The van der Waals surface area contributed by atoms with E-state index < -0.39 is 5.60 Å². The van der Waals surface area contributed by atoms with E-state index in [1.807, 2.05) is 11.8 Å². The van der Waals surface area contributed by atoms with Gasteiger partial charge in [0.05, 0.1) is 17.0 Å². The summed E-state index contributed by atoms with van der Waals surface area (Å²) in [6.07, 6.45) is 7.17. The van der Waals surface area contributed by atoms with E-state index >= 15 is 0 Å². The highest BCUT2D eigenvalue weighted by atomic mass is 32.1. The molecule has 1 aromatic heterocycles. The minimum atomic E-state index is -0.737. The van der Waals surface area contributed by atoms with Crippen LogP contribution in [0, 0.1) is 6.92 Å². The fourth-order valence-corrected chi connectivity index (χ4v) is 4.68. The number of rotatable bonds is 3. The average molecular weight is 322 g/mol. The molecule has 0 radical (unpaired) electrons. The van der Waals surface area contributed by atoms with E-state index in [9.17, 15) is 9.90 Å². The van der Waals surface area contributed by atoms with Crippen LogP contribution in [-0.4, -0.2) is 39.6 Å². The molecule has 1 aromatic rings. The van der Waals surface area contributed by atoms with Gasteiger partial charge in [-0.15, -0.1) is 11.3 Å². The number of aromatic nitrogens is 1. The molecule has 5 heteroatoms. The fraction of sp³-hybridized carbons (Fsp3) is 0.765. The lowest BCUT2D eigenvalue weighted by Gasteiger charge is -2.36. The number of likely N-dealkylation sites (tertiary alicyclic amines) is 1. The van der Waals surface area contributed by atoms with Crippen molar-refractivity contribution in [2.24, 2.45) is 0 Å². The molecular weight excluding hydrogens is 296 g/mol. The summed E-state index contributed by atoms with van der Waals surface area (Å²) in [5, 5.41) is 13.9. The Morgan fingerprint density at radius 3 is 2.64 bits per heavy atom. The van der Waals surface area contributed by atoms with Gasteiger partial charge in [-0.1, -0.05) is 19.3 Å². The van der Waals surface area contributed by atoms with Crippen LogP contribution in [0.3, 0.4) is 0 Å². The van der Waals surface area contributed by atoms with Crippen LogP contribution >= 0.6 is 11.3 Å². The molecule has 1 amide bonds. The first kappa shape index (κ1) is 15.9. The number of piperidine rings is 1. The number of aliphatic hydroxyl groups is 1. The SMILES string of the molecule is Cc1csc(C2CCN(C(=O)CC3(O)CCCCC3)CC2)n1. The molecule has 4 nitrogen and oxygen atoms in total. The summed E-state index contributed by atoms with van der Waals surface area (Å²) < 4.78 is 0. The predicted octanol–water partition coefficient (Wildman–Crippen LogP) is 3.24. The molecule has 0 spiro atoms. The van der Waals surface area contributed by atoms with E-state index in [1.165, 1.54) is 11.4 Å². The van der Waals surface area contributed by atoms with Crippen LogP contribution < -0.4 is 0 Å². The molecule has 122 valence electrons. The smallest absolute Gasteiger partial charge is 0.225 e. The predicted molar refractivity (Wildman–Crippen MR) is 88.1 cm³/mol. The van der Waals surface area contributed by atoms with E-state index in [2.05, 4.69) is 10.4 Å². The molecule has 2 heterocycles. The number of amides is 1. The molecule has 1 aliphatic heterocycles. The zero-order valence-corrected chi connectivity index (χ0v) is 14.2. The number of carbonyl (C=O) groups is 1. The zero-order chi connectivity index (χ0) is 15.6. The minimum Gasteiger partial charge on any atom is -0.389 e. The number of nitrogens with zero attached hydrogens (tertiary/aromatic N) is 2. The summed E-state index contributed by atoms with van der Waals surface area (Å²) in [5.74, 6) is 0.638. The summed E-state index contributed by atoms with van der Waals surface area (Å²) in [6.45, 7) is 3.64. The van der Waals surface area contributed by atoms with Crippen LogP contribution in [-0.2, 0) is 4.79 Å². The number of aryl methyl sites for hydroxylation is 1. The van der Waals surface area contributed by atoms with Crippen molar-refractivity contribution in [2.45, 2.75) is 69.8 Å². The highest BCUT2D eigenvalue weighted by molar-refractivity contribution is 7.09. The molecule has 22 heavy (non-hydrogen) atoms. The average Bonchev–Trinajstić information content (AvgIpc) is 2.94. The third-order valence-electron chi connectivity index (χ3n) is 5.10. The van der Waals surface area contributed by atoms with Crippen molar-refractivity contribution in [3.63, 3.8) is 0 Å². The molecule has 1 aliphatic carbocycles. The van der Waals surface area contributed by atoms with Crippen LogP contribution in [0.2, 0.25) is 0 Å². The molecule has 3 rings (SSSR count). The zero-order valence-electron chi connectivity index (χ0n) is 13.4. The third kappa shape index (κ3) is 3.69. The van der Waals surface area contributed by atoms with Gasteiger partial charge in [-0.2, -0.15) is 0 Å². The van der Waals surface area contributed by atoms with Gasteiger partial charge >= 0.3 is 0 Å². The van der Waals surface area contributed by atoms with Crippen molar-refractivity contribution in [1.29, 1.82) is 0 Å². The molecule has 0 bridgehead atoms. The van der Waals surface area contributed by atoms with E-state index in [4.69, 9.17) is 0 Å². The Bertz CT molecular complexity index is 514. The normalized spacial score (nSPS) is 22.7. The minimum absolute atomic E-state index is 0.137. The second kappa shape index (κ2) is 6.67. The highest BCUT2D eigenvalue weighted by Gasteiger charge is 2.34. The highest BCUT2D eigenvalue weighted by Crippen LogP contribution is 2.33. The Balaban J connectivity index is 1.51. The van der Waals surface area contributed by atoms with Gasteiger partial charge in [0.2, 0.25) is 5.91 Å². The van der Waals surface area contributed by atoms with Gasteiger partial charge in [-0.05, 0) is 32.6 Å². The van der Waals surface area contributed by atoms with Crippen molar-refractivity contribution >= 4 is 17.2 Å². The van der Waals surface area contributed by atoms with Gasteiger partial charge in [-0.25, -0.2) is 4.98 Å². The third-order valence-corrected chi connectivity index (χ3v) is 6.22. The van der Waals surface area contributed by atoms with Gasteiger partial charge in [0.15, 0.2) is 0 Å². The summed E-state index contributed by atoms with van der Waals surface area (Å²) in [7, 11) is 0. The molecule has 2 aliphatic rings. The van der Waals surface area contributed by atoms with Crippen molar-refractivity contribution < 1.29 is 9.90 Å². The molecule has 1 N–H and O–H groups in total. The Labute approximate surface area is 136 Å². The monoisotopic (exact) mass is 322 g/mol. The lowest BCUT2D eigenvalue weighted by Crippen LogP contribution is -2.43. The molecule has 1 saturated carbocycles. The maximum Gasteiger partial charge on any atom is 0.225 e. The summed E-state index contributed by atoms with van der Waals surface area (Å²) in [5.41, 5.74) is 0.358. The summed E-state index contributed by atoms with van der Waals surface area (Å²) >= 11 is 1.74. The summed E-state index contributed by atoms with van der Waals surface area (Å²) in [6, 6.07) is 0. The summed E-state index contributed by atoms with van der Waals surface area (Å²) in [4.78, 5) is 19.0. The first-order chi connectivity index (χ1) is 10.6. The van der Waals surface area contributed by atoms with Crippen molar-refractivity contribution in [2.75, 3.05) is 13.1 Å². The Morgan fingerprint density at radius 2 is 2.05 bits per heavy atom. The Hall–Kier alpha value is -0.940. The molecule has 0 atom stereocenters. The second-order valence-corrected chi connectivity index (χ2v) is 7.83. The van der Waals surface area contributed by atoms with Gasteiger partial charge in [0, 0.05) is 30.1 Å². The van der Waals surface area contributed by atoms with Gasteiger partial charge in [0.1, 0.15) is 0 Å². The Morgan fingerprint density at radius 1 is 1.36 bits per heavy atom. The van der Waals surface area contributed by atoms with E-state index in [-0.39, 0.29) is 5.91 Å². The largest absolute Gasteiger partial charge is 0.389 e. The molecule has 1 saturated heterocycles. The maximum absolute atomic E-state index is 12.5. The number of carbonyl (C=O) groups excluding carboxylic acids is 1. The number of thiazole rings is 1. The van der Waals surface area contributed by atoms with E-state index in [1.54, 1.807) is 11.3 Å². The first-order valence-corrected chi connectivity index (χ1v) is 9.36. The van der Waals surface area contributed by atoms with Gasteiger partial charge < -0.3 is 10.0 Å². The molecular formula is C17H26N2O2S. The van der Waals surface area contributed by atoms with Crippen molar-refractivity contribution in [1.82, 2.24) is 9.88 Å². The van der Waals surface area contributed by atoms with Gasteiger partial charge in [0.25, 0.3) is 0 Å². The number of hydrogen-bond donors (Lipinski definition) is 1. The topological polar surface area (TPSA) is 53.4 Å². The molecule has 0 unspecified atom stereocenters. The van der Waals surface area contributed by atoms with Crippen LogP contribution in [0.1, 0.15) is 68.0 Å². The van der Waals surface area contributed by atoms with Crippen LogP contribution in [0.5, 0.6) is 0 Å². The van der Waals surface area contributed by atoms with Crippen LogP contribution in [0.15, 0.2) is 5.38 Å². The lowest BCUT2D eigenvalue weighted by atomic mass is 9.82. The van der Waals surface area contributed by atoms with Crippen molar-refractivity contribution in [3.8, 4) is 0 Å². The van der Waals surface area contributed by atoms with E-state index in [0.717, 1.165) is 57.3 Å². The maximum atomic E-state index is 12.5. The van der Waals surface area contributed by atoms with E-state index in [0.29, 0.717) is 12.3 Å². The molecule has 0 aromatic carbocycles. The standard InChI is InChI=1S/C17H26N2O2S/c1-13-12-22-16(18-13)14-5-9-19(10-6-14)15(20)11-17(21)7-3-2-4-8-17/h12,14,21H,2-11H2,1H3. The van der Waals surface area contributed by atoms with Crippen LogP contribution in [0.4, 0.5) is 0 Å². The number of hydrogen-bond acceptors (Lipinski definition) is 4. The first-order valence-electron chi connectivity index (χ1n) is 8.48. The van der Waals surface area contributed by atoms with Gasteiger partial charge in [-0.3, -0.25) is 4.79 Å². The Kier molecular flexibility index (Phi) is 4.83. The fourth-order valence-electron chi connectivity index (χ4n) is 3.72. The second-order valence-electron chi connectivity index (χ2n) is 6.94.